The van der Waals surface area contributed by atoms with Gasteiger partial charge in [-0.2, -0.15) is 0 Å². The number of amides is 1. The van der Waals surface area contributed by atoms with Gasteiger partial charge in [0.2, 0.25) is 0 Å². The molecule has 1 amide bonds. The molecule has 0 saturated heterocycles. The SMILES string of the molecule is CC(C)(C)OC(=O)Nn1cnc2cnc3ccccc3c21. The lowest BCUT2D eigenvalue weighted by atomic mass is 10.2. The molecule has 2 heterocycles. The number of imidazole rings is 1. The summed E-state index contributed by atoms with van der Waals surface area (Å²) >= 11 is 0. The Morgan fingerprint density at radius 1 is 1.19 bits per heavy atom. The first-order valence-electron chi connectivity index (χ1n) is 6.65. The van der Waals surface area contributed by atoms with Crippen LogP contribution in [0.1, 0.15) is 20.8 Å². The van der Waals surface area contributed by atoms with Crippen LogP contribution in [0.25, 0.3) is 21.9 Å². The minimum Gasteiger partial charge on any atom is -0.443 e. The monoisotopic (exact) mass is 284 g/mol. The topological polar surface area (TPSA) is 69.0 Å². The summed E-state index contributed by atoms with van der Waals surface area (Å²) in [4.78, 5) is 20.5. The number of nitrogens with one attached hydrogen (secondary N) is 1. The number of fused-ring (bicyclic) bond motifs is 3. The van der Waals surface area contributed by atoms with E-state index in [-0.39, 0.29) is 0 Å². The van der Waals surface area contributed by atoms with Gasteiger partial charge in [-0.3, -0.25) is 4.98 Å². The highest BCUT2D eigenvalue weighted by molar-refractivity contribution is 6.02. The van der Waals surface area contributed by atoms with E-state index < -0.39 is 11.7 Å². The van der Waals surface area contributed by atoms with Gasteiger partial charge in [0.05, 0.1) is 11.7 Å². The Balaban J connectivity index is 2.03. The Labute approximate surface area is 121 Å². The molecule has 6 nitrogen and oxygen atoms in total. The molecule has 0 unspecified atom stereocenters. The molecule has 0 aliphatic carbocycles. The molecule has 3 rings (SSSR count). The highest BCUT2D eigenvalue weighted by Gasteiger charge is 2.17. The van der Waals surface area contributed by atoms with Crippen LogP contribution in [-0.4, -0.2) is 26.3 Å². The molecule has 21 heavy (non-hydrogen) atoms. The van der Waals surface area contributed by atoms with Gasteiger partial charge < -0.3 is 4.74 Å². The van der Waals surface area contributed by atoms with E-state index in [4.69, 9.17) is 4.74 Å². The maximum atomic E-state index is 11.9. The van der Waals surface area contributed by atoms with Crippen LogP contribution in [-0.2, 0) is 4.74 Å². The molecular formula is C15H16N4O2. The normalized spacial score (nSPS) is 11.8. The molecule has 1 aromatic carbocycles. The fourth-order valence-corrected chi connectivity index (χ4v) is 2.13. The molecule has 2 aromatic heterocycles. The fourth-order valence-electron chi connectivity index (χ4n) is 2.13. The van der Waals surface area contributed by atoms with Crippen molar-refractivity contribution in [3.8, 4) is 0 Å². The minimum absolute atomic E-state index is 0.525. The summed E-state index contributed by atoms with van der Waals surface area (Å²) in [5, 5.41) is 0.920. The van der Waals surface area contributed by atoms with Crippen molar-refractivity contribution in [1.82, 2.24) is 14.6 Å². The van der Waals surface area contributed by atoms with Crippen molar-refractivity contribution in [3.63, 3.8) is 0 Å². The van der Waals surface area contributed by atoms with Crippen molar-refractivity contribution in [3.05, 3.63) is 36.8 Å². The maximum absolute atomic E-state index is 11.9. The summed E-state index contributed by atoms with van der Waals surface area (Å²) in [6.45, 7) is 5.45. The number of aromatic nitrogens is 3. The Bertz CT molecular complexity index is 817. The average molecular weight is 284 g/mol. The van der Waals surface area contributed by atoms with Crippen LogP contribution < -0.4 is 5.43 Å². The molecule has 0 bridgehead atoms. The molecule has 108 valence electrons. The quantitative estimate of drug-likeness (QED) is 0.745. The molecular weight excluding hydrogens is 268 g/mol. The predicted molar refractivity (Wildman–Crippen MR) is 80.6 cm³/mol. The number of carbonyl (C=O) groups excluding carboxylic acids is 1. The Kier molecular flexibility index (Phi) is 3.01. The van der Waals surface area contributed by atoms with Crippen molar-refractivity contribution in [2.75, 3.05) is 5.43 Å². The van der Waals surface area contributed by atoms with Gasteiger partial charge in [-0.25, -0.2) is 19.9 Å². The molecule has 0 fully saturated rings. The van der Waals surface area contributed by atoms with Crippen molar-refractivity contribution < 1.29 is 9.53 Å². The third-order valence-electron chi connectivity index (χ3n) is 2.89. The molecule has 0 aliphatic heterocycles. The summed E-state index contributed by atoms with van der Waals surface area (Å²) in [6.07, 6.45) is 2.70. The largest absolute Gasteiger partial charge is 0.443 e. The first-order valence-corrected chi connectivity index (χ1v) is 6.65. The molecule has 3 aromatic rings. The summed E-state index contributed by atoms with van der Waals surface area (Å²) in [7, 11) is 0. The van der Waals surface area contributed by atoms with Crippen molar-refractivity contribution >= 4 is 28.0 Å². The lowest BCUT2D eigenvalue weighted by Gasteiger charge is -2.20. The minimum atomic E-state index is -0.551. The van der Waals surface area contributed by atoms with E-state index in [9.17, 15) is 4.79 Å². The van der Waals surface area contributed by atoms with Gasteiger partial charge in [0.15, 0.2) is 0 Å². The van der Waals surface area contributed by atoms with E-state index in [1.54, 1.807) is 17.2 Å². The number of ether oxygens (including phenoxy) is 1. The number of carbonyl (C=O) groups is 1. The fraction of sp³-hybridized carbons (Fsp3) is 0.267. The van der Waals surface area contributed by atoms with E-state index in [1.165, 1.54) is 0 Å². The zero-order valence-electron chi connectivity index (χ0n) is 12.1. The summed E-state index contributed by atoms with van der Waals surface area (Å²) in [6, 6.07) is 7.71. The number of hydrogen-bond donors (Lipinski definition) is 1. The number of para-hydroxylation sites is 1. The van der Waals surface area contributed by atoms with E-state index in [0.717, 1.165) is 16.4 Å². The zero-order chi connectivity index (χ0) is 15.0. The Morgan fingerprint density at radius 3 is 2.71 bits per heavy atom. The molecule has 0 spiro atoms. The highest BCUT2D eigenvalue weighted by atomic mass is 16.6. The van der Waals surface area contributed by atoms with E-state index in [0.29, 0.717) is 5.52 Å². The zero-order valence-corrected chi connectivity index (χ0v) is 12.1. The van der Waals surface area contributed by atoms with Crippen LogP contribution >= 0.6 is 0 Å². The van der Waals surface area contributed by atoms with Gasteiger partial charge in [0.25, 0.3) is 0 Å². The van der Waals surface area contributed by atoms with Crippen LogP contribution in [0, 0.1) is 0 Å². The smallest absolute Gasteiger partial charge is 0.427 e. The lowest BCUT2D eigenvalue weighted by molar-refractivity contribution is 0.0614. The highest BCUT2D eigenvalue weighted by Crippen LogP contribution is 2.21. The van der Waals surface area contributed by atoms with Gasteiger partial charge in [-0.15, -0.1) is 0 Å². The lowest BCUT2D eigenvalue weighted by Crippen LogP contribution is -2.31. The van der Waals surface area contributed by atoms with Crippen molar-refractivity contribution in [1.29, 1.82) is 0 Å². The standard InChI is InChI=1S/C15H16N4O2/c1-15(2,3)21-14(20)18-19-9-17-12-8-16-11-7-5-4-6-10(11)13(12)19/h4-9H,1-3H3,(H,18,20). The molecule has 0 radical (unpaired) electrons. The van der Waals surface area contributed by atoms with E-state index >= 15 is 0 Å². The Hall–Kier alpha value is -2.63. The van der Waals surface area contributed by atoms with Crippen LogP contribution in [0.4, 0.5) is 4.79 Å². The first-order chi connectivity index (χ1) is 9.94. The number of rotatable bonds is 1. The second-order valence-corrected chi connectivity index (χ2v) is 5.74. The van der Waals surface area contributed by atoms with Crippen LogP contribution in [0.15, 0.2) is 36.8 Å². The number of pyridine rings is 1. The third kappa shape index (κ3) is 2.65. The summed E-state index contributed by atoms with van der Waals surface area (Å²) in [5.74, 6) is 0. The van der Waals surface area contributed by atoms with Crippen molar-refractivity contribution in [2.45, 2.75) is 26.4 Å². The molecule has 0 saturated carbocycles. The predicted octanol–water partition coefficient (Wildman–Crippen LogP) is 3.06. The van der Waals surface area contributed by atoms with Crippen LogP contribution in [0.5, 0.6) is 0 Å². The first kappa shape index (κ1) is 13.4. The van der Waals surface area contributed by atoms with Crippen molar-refractivity contribution in [2.24, 2.45) is 0 Å². The van der Waals surface area contributed by atoms with Gasteiger partial charge in [-0.1, -0.05) is 18.2 Å². The number of nitrogens with zero attached hydrogens (tertiary/aromatic N) is 3. The summed E-state index contributed by atoms with van der Waals surface area (Å²) < 4.78 is 6.82. The maximum Gasteiger partial charge on any atom is 0.427 e. The molecule has 0 atom stereocenters. The molecule has 6 heteroatoms. The summed E-state index contributed by atoms with van der Waals surface area (Å²) in [5.41, 5.74) is 4.48. The van der Waals surface area contributed by atoms with Gasteiger partial charge in [0.1, 0.15) is 23.0 Å². The molecule has 0 aliphatic rings. The van der Waals surface area contributed by atoms with Gasteiger partial charge >= 0.3 is 6.09 Å². The Morgan fingerprint density at radius 2 is 1.95 bits per heavy atom. The van der Waals surface area contributed by atoms with E-state index in [2.05, 4.69) is 15.4 Å². The van der Waals surface area contributed by atoms with Crippen LogP contribution in [0.3, 0.4) is 0 Å². The third-order valence-corrected chi connectivity index (χ3v) is 2.89. The van der Waals surface area contributed by atoms with Gasteiger partial charge in [0, 0.05) is 5.39 Å². The number of hydrogen-bond acceptors (Lipinski definition) is 4. The molecule has 1 N–H and O–H groups in total. The number of benzene rings is 1. The van der Waals surface area contributed by atoms with Gasteiger partial charge in [-0.05, 0) is 26.8 Å². The average Bonchev–Trinajstić information content (AvgIpc) is 2.80. The second-order valence-electron chi connectivity index (χ2n) is 5.74. The van der Waals surface area contributed by atoms with E-state index in [1.807, 2.05) is 45.0 Å². The van der Waals surface area contributed by atoms with Crippen LogP contribution in [0.2, 0.25) is 0 Å². The second kappa shape index (κ2) is 4.73.